The summed E-state index contributed by atoms with van der Waals surface area (Å²) < 4.78 is 11.7. The second-order valence-corrected chi connectivity index (χ2v) is 10.3. The van der Waals surface area contributed by atoms with E-state index in [2.05, 4.69) is 44.7 Å². The van der Waals surface area contributed by atoms with E-state index in [1.807, 2.05) is 12.1 Å². The molecule has 1 aromatic carbocycles. The molecule has 0 spiro atoms. The summed E-state index contributed by atoms with van der Waals surface area (Å²) in [5.41, 5.74) is 0.344. The number of hydrogen-bond acceptors (Lipinski definition) is 8. The van der Waals surface area contributed by atoms with Gasteiger partial charge in [-0.25, -0.2) is 4.98 Å². The standard InChI is InChI=1S/C27H41N5O3/c1-22-7-13-31(14-8-22)15-16-35-24-6-5-23(17-25(24)34-3)19-30(2)20-27(33)9-4-12-32(21-27)26-18-28-10-11-29-26/h5-6,10-11,17-18,22,33H,4,7-9,12-16,19-21H2,1-3H3/t27-/m1/s1. The third-order valence-electron chi connectivity index (χ3n) is 7.21. The molecule has 0 amide bonds. The van der Waals surface area contributed by atoms with Gasteiger partial charge in [-0.2, -0.15) is 0 Å². The van der Waals surface area contributed by atoms with Crippen LogP contribution in [0, 0.1) is 5.92 Å². The van der Waals surface area contributed by atoms with Crippen LogP contribution in [0.2, 0.25) is 0 Å². The van der Waals surface area contributed by atoms with E-state index in [0.717, 1.165) is 74.4 Å². The number of ether oxygens (including phenoxy) is 2. The van der Waals surface area contributed by atoms with Crippen LogP contribution >= 0.6 is 0 Å². The average molecular weight is 484 g/mol. The van der Waals surface area contributed by atoms with Gasteiger partial charge in [0.1, 0.15) is 12.4 Å². The molecule has 2 fully saturated rings. The van der Waals surface area contributed by atoms with Gasteiger partial charge < -0.3 is 19.5 Å². The Morgan fingerprint density at radius 2 is 2.00 bits per heavy atom. The number of nitrogens with zero attached hydrogens (tertiary/aromatic N) is 5. The lowest BCUT2D eigenvalue weighted by Gasteiger charge is -2.41. The topological polar surface area (TPSA) is 74.2 Å². The van der Waals surface area contributed by atoms with E-state index in [1.165, 1.54) is 12.8 Å². The molecule has 0 unspecified atom stereocenters. The van der Waals surface area contributed by atoms with Gasteiger partial charge in [0.05, 0.1) is 18.9 Å². The lowest BCUT2D eigenvalue weighted by Crippen LogP contribution is -2.54. The Labute approximate surface area is 209 Å². The number of methoxy groups -OCH3 is 1. The van der Waals surface area contributed by atoms with E-state index in [0.29, 0.717) is 19.7 Å². The number of hydrogen-bond donors (Lipinski definition) is 1. The van der Waals surface area contributed by atoms with Crippen molar-refractivity contribution in [2.24, 2.45) is 5.92 Å². The molecule has 0 bridgehead atoms. The molecule has 2 aliphatic rings. The number of rotatable bonds is 10. The fourth-order valence-electron chi connectivity index (χ4n) is 5.26. The molecule has 0 aliphatic carbocycles. The van der Waals surface area contributed by atoms with Gasteiger partial charge in [-0.05, 0) is 69.4 Å². The Balaban J connectivity index is 1.28. The highest BCUT2D eigenvalue weighted by molar-refractivity contribution is 5.43. The van der Waals surface area contributed by atoms with Crippen molar-refractivity contribution >= 4 is 5.82 Å². The molecule has 3 heterocycles. The van der Waals surface area contributed by atoms with Crippen LogP contribution in [0.4, 0.5) is 5.82 Å². The summed E-state index contributed by atoms with van der Waals surface area (Å²) in [6.07, 6.45) is 9.39. The maximum atomic E-state index is 11.3. The predicted molar refractivity (Wildman–Crippen MR) is 138 cm³/mol. The first-order valence-corrected chi connectivity index (χ1v) is 12.9. The fourth-order valence-corrected chi connectivity index (χ4v) is 5.26. The van der Waals surface area contributed by atoms with Crippen LogP contribution in [0.5, 0.6) is 11.5 Å². The summed E-state index contributed by atoms with van der Waals surface area (Å²) in [7, 11) is 3.74. The molecule has 0 radical (unpaired) electrons. The Bertz CT molecular complexity index is 922. The van der Waals surface area contributed by atoms with Gasteiger partial charge in [0.15, 0.2) is 11.5 Å². The number of benzene rings is 1. The van der Waals surface area contributed by atoms with Crippen LogP contribution in [-0.2, 0) is 6.54 Å². The minimum atomic E-state index is -0.788. The Hall–Kier alpha value is -2.42. The number of β-amino-alcohol motifs (C(OH)–C–C–N with tert-alkyl or cyclic N) is 1. The van der Waals surface area contributed by atoms with E-state index in [9.17, 15) is 5.11 Å². The van der Waals surface area contributed by atoms with Gasteiger partial charge in [-0.15, -0.1) is 0 Å². The number of anilines is 1. The third-order valence-corrected chi connectivity index (χ3v) is 7.21. The van der Waals surface area contributed by atoms with Gasteiger partial charge in [0.2, 0.25) is 0 Å². The molecular formula is C27H41N5O3. The van der Waals surface area contributed by atoms with Crippen LogP contribution in [0.25, 0.3) is 0 Å². The number of likely N-dealkylation sites (tertiary alicyclic amines) is 1. The highest BCUT2D eigenvalue weighted by Crippen LogP contribution is 2.30. The van der Waals surface area contributed by atoms with E-state index >= 15 is 0 Å². The molecule has 4 rings (SSSR count). The molecular weight excluding hydrogens is 442 g/mol. The van der Waals surface area contributed by atoms with Crippen LogP contribution < -0.4 is 14.4 Å². The zero-order chi connectivity index (χ0) is 24.7. The first-order chi connectivity index (χ1) is 16.9. The maximum Gasteiger partial charge on any atom is 0.161 e. The fraction of sp³-hybridized carbons (Fsp3) is 0.630. The quantitative estimate of drug-likeness (QED) is 0.553. The van der Waals surface area contributed by atoms with E-state index in [4.69, 9.17) is 9.47 Å². The first kappa shape index (κ1) is 25.7. The SMILES string of the molecule is COc1cc(CN(C)C[C@]2(O)CCCN(c3cnccn3)C2)ccc1OCCN1CCC(C)CC1. The van der Waals surface area contributed by atoms with Gasteiger partial charge in [-0.3, -0.25) is 14.8 Å². The molecule has 0 saturated carbocycles. The molecule has 1 N–H and O–H groups in total. The number of aromatic nitrogens is 2. The number of likely N-dealkylation sites (N-methyl/N-ethyl adjacent to an activating group) is 1. The largest absolute Gasteiger partial charge is 0.493 e. The maximum absolute atomic E-state index is 11.3. The second kappa shape index (κ2) is 12.0. The molecule has 1 aromatic heterocycles. The van der Waals surface area contributed by atoms with Crippen molar-refractivity contribution in [3.63, 3.8) is 0 Å². The van der Waals surface area contributed by atoms with Crippen molar-refractivity contribution in [1.82, 2.24) is 19.8 Å². The molecule has 2 aliphatic heterocycles. The van der Waals surface area contributed by atoms with Crippen molar-refractivity contribution in [3.8, 4) is 11.5 Å². The molecule has 35 heavy (non-hydrogen) atoms. The summed E-state index contributed by atoms with van der Waals surface area (Å²) in [5.74, 6) is 3.21. The smallest absolute Gasteiger partial charge is 0.161 e. The summed E-state index contributed by atoms with van der Waals surface area (Å²) in [6, 6.07) is 6.14. The summed E-state index contributed by atoms with van der Waals surface area (Å²) in [6.45, 7) is 9.02. The molecule has 192 valence electrons. The normalized spacial score (nSPS) is 21.9. The zero-order valence-electron chi connectivity index (χ0n) is 21.5. The van der Waals surface area contributed by atoms with Crippen LogP contribution in [0.3, 0.4) is 0 Å². The summed E-state index contributed by atoms with van der Waals surface area (Å²) in [5, 5.41) is 11.3. The minimum absolute atomic E-state index is 0.558. The lowest BCUT2D eigenvalue weighted by atomic mass is 9.92. The summed E-state index contributed by atoms with van der Waals surface area (Å²) in [4.78, 5) is 15.4. The van der Waals surface area contributed by atoms with Crippen LogP contribution in [0.15, 0.2) is 36.8 Å². The molecule has 2 saturated heterocycles. The highest BCUT2D eigenvalue weighted by Gasteiger charge is 2.35. The van der Waals surface area contributed by atoms with Crippen molar-refractivity contribution in [1.29, 1.82) is 0 Å². The molecule has 8 nitrogen and oxygen atoms in total. The van der Waals surface area contributed by atoms with Crippen molar-refractivity contribution in [3.05, 3.63) is 42.4 Å². The zero-order valence-corrected chi connectivity index (χ0v) is 21.5. The number of piperidine rings is 2. The molecule has 2 aromatic rings. The van der Waals surface area contributed by atoms with E-state index in [1.54, 1.807) is 25.7 Å². The lowest BCUT2D eigenvalue weighted by molar-refractivity contribution is -0.00350. The van der Waals surface area contributed by atoms with Crippen molar-refractivity contribution < 1.29 is 14.6 Å². The number of aliphatic hydroxyl groups is 1. The Morgan fingerprint density at radius 3 is 2.74 bits per heavy atom. The van der Waals surface area contributed by atoms with E-state index < -0.39 is 5.60 Å². The molecule has 1 atom stereocenters. The van der Waals surface area contributed by atoms with Crippen molar-refractivity contribution in [2.45, 2.75) is 44.8 Å². The van der Waals surface area contributed by atoms with Gasteiger partial charge in [-0.1, -0.05) is 13.0 Å². The van der Waals surface area contributed by atoms with Crippen LogP contribution in [0.1, 0.15) is 38.2 Å². The van der Waals surface area contributed by atoms with Crippen LogP contribution in [-0.4, -0.2) is 90.5 Å². The minimum Gasteiger partial charge on any atom is -0.493 e. The van der Waals surface area contributed by atoms with Gasteiger partial charge in [0, 0.05) is 45.1 Å². The second-order valence-electron chi connectivity index (χ2n) is 10.3. The monoisotopic (exact) mass is 483 g/mol. The third kappa shape index (κ3) is 7.29. The highest BCUT2D eigenvalue weighted by atomic mass is 16.5. The summed E-state index contributed by atoms with van der Waals surface area (Å²) >= 11 is 0. The van der Waals surface area contributed by atoms with Gasteiger partial charge >= 0.3 is 0 Å². The average Bonchev–Trinajstić information content (AvgIpc) is 2.86. The molecule has 8 heteroatoms. The predicted octanol–water partition coefficient (Wildman–Crippen LogP) is 3.06. The Morgan fingerprint density at radius 1 is 1.17 bits per heavy atom. The van der Waals surface area contributed by atoms with E-state index in [-0.39, 0.29) is 0 Å². The first-order valence-electron chi connectivity index (χ1n) is 12.9. The van der Waals surface area contributed by atoms with Crippen molar-refractivity contribution in [2.75, 3.05) is 64.9 Å². The van der Waals surface area contributed by atoms with Gasteiger partial charge in [0.25, 0.3) is 0 Å². The Kier molecular flexibility index (Phi) is 8.81.